The lowest BCUT2D eigenvalue weighted by molar-refractivity contribution is -0.135. The minimum Gasteiger partial charge on any atom is -0.507 e. The number of aromatic hydroxyl groups is 1. The monoisotopic (exact) mass is 521 g/mol. The Balaban J connectivity index is 1.74. The zero-order valence-electron chi connectivity index (χ0n) is 21.2. The number of fused-ring (bicyclic) bond motifs is 2. The van der Waals surface area contributed by atoms with Crippen LogP contribution in [-0.2, 0) is 19.1 Å². The first-order valence-electron chi connectivity index (χ1n) is 12.7. The molecule has 38 heavy (non-hydrogen) atoms. The number of Topliss-reactive ketones (excluding diaryl/α,β-unsaturated/α-hetero) is 1. The Kier molecular flexibility index (Phi) is 8.45. The van der Waals surface area contributed by atoms with Crippen LogP contribution in [0.2, 0.25) is 0 Å². The number of hydrogen-bond acceptors (Lipinski definition) is 8. The number of carbonyl (C=O) groups excluding carboxylic acids is 4. The number of ketones is 1. The second-order valence-electron chi connectivity index (χ2n) is 9.60. The molecule has 0 unspecified atom stereocenters. The fraction of sp³-hybridized carbons (Fsp3) is 0.379. The maximum absolute atomic E-state index is 13.3. The molecule has 2 aromatic rings. The fourth-order valence-electron chi connectivity index (χ4n) is 4.75. The van der Waals surface area contributed by atoms with Crippen LogP contribution >= 0.6 is 0 Å². The molecule has 2 atom stereocenters. The summed E-state index contributed by atoms with van der Waals surface area (Å²) in [6.07, 6.45) is 6.36. The number of cyclic esters (lactones) is 1. The molecule has 2 aliphatic heterocycles. The van der Waals surface area contributed by atoms with Gasteiger partial charge in [0.15, 0.2) is 6.61 Å². The summed E-state index contributed by atoms with van der Waals surface area (Å²) in [7, 11) is 0. The summed E-state index contributed by atoms with van der Waals surface area (Å²) in [5.41, 5.74) is 6.50. The first-order valence-corrected chi connectivity index (χ1v) is 12.7. The van der Waals surface area contributed by atoms with Gasteiger partial charge in [0.25, 0.3) is 5.91 Å². The Morgan fingerprint density at radius 2 is 1.87 bits per heavy atom. The molecule has 0 bridgehead atoms. The number of rotatable bonds is 4. The third-order valence-electron chi connectivity index (χ3n) is 6.64. The second kappa shape index (κ2) is 11.9. The quantitative estimate of drug-likeness (QED) is 0.451. The van der Waals surface area contributed by atoms with Crippen molar-refractivity contribution >= 4 is 29.7 Å². The first-order chi connectivity index (χ1) is 18.2. The number of hydrogen-bond donors (Lipinski definition) is 2. The van der Waals surface area contributed by atoms with Crippen molar-refractivity contribution < 1.29 is 38.5 Å². The van der Waals surface area contributed by atoms with Crippen LogP contribution in [0.15, 0.2) is 36.4 Å². The lowest BCUT2D eigenvalue weighted by Gasteiger charge is -2.28. The van der Waals surface area contributed by atoms with Crippen LogP contribution in [0, 0.1) is 0 Å². The van der Waals surface area contributed by atoms with Crippen molar-refractivity contribution in [3.8, 4) is 17.2 Å². The number of benzene rings is 2. The number of primary amides is 1. The predicted octanol–water partition coefficient (Wildman–Crippen LogP) is 4.18. The van der Waals surface area contributed by atoms with E-state index < -0.39 is 29.9 Å². The van der Waals surface area contributed by atoms with E-state index in [1.165, 1.54) is 0 Å². The predicted molar refractivity (Wildman–Crippen MR) is 138 cm³/mol. The fourth-order valence-corrected chi connectivity index (χ4v) is 4.75. The highest BCUT2D eigenvalue weighted by molar-refractivity contribution is 5.98. The van der Waals surface area contributed by atoms with Crippen molar-refractivity contribution in [2.24, 2.45) is 5.73 Å². The van der Waals surface area contributed by atoms with Crippen LogP contribution in [0.5, 0.6) is 17.2 Å². The zero-order valence-corrected chi connectivity index (χ0v) is 21.2. The summed E-state index contributed by atoms with van der Waals surface area (Å²) in [6.45, 7) is 1.49. The third kappa shape index (κ3) is 6.40. The van der Waals surface area contributed by atoms with Crippen molar-refractivity contribution in [1.82, 2.24) is 0 Å². The van der Waals surface area contributed by atoms with Crippen molar-refractivity contribution in [2.75, 3.05) is 6.61 Å². The van der Waals surface area contributed by atoms with Gasteiger partial charge >= 0.3 is 11.9 Å². The summed E-state index contributed by atoms with van der Waals surface area (Å²) >= 11 is 0. The number of nitrogens with two attached hydrogens (primary N) is 1. The zero-order chi connectivity index (χ0) is 27.2. The van der Waals surface area contributed by atoms with Gasteiger partial charge in [0, 0.05) is 24.3 Å². The van der Waals surface area contributed by atoms with Crippen LogP contribution in [0.25, 0.3) is 6.08 Å². The van der Waals surface area contributed by atoms with E-state index >= 15 is 0 Å². The van der Waals surface area contributed by atoms with Crippen LogP contribution in [0.3, 0.4) is 0 Å². The lowest BCUT2D eigenvalue weighted by Crippen LogP contribution is -2.23. The van der Waals surface area contributed by atoms with E-state index in [1.807, 2.05) is 6.08 Å². The van der Waals surface area contributed by atoms with E-state index in [4.69, 9.17) is 19.9 Å². The number of phenolic OH excluding ortho intramolecular Hbond substituents is 1. The molecule has 0 fully saturated rings. The van der Waals surface area contributed by atoms with E-state index in [2.05, 4.69) is 0 Å². The van der Waals surface area contributed by atoms with Crippen molar-refractivity contribution in [3.63, 3.8) is 0 Å². The molecule has 0 aliphatic carbocycles. The Bertz CT molecular complexity index is 1260. The van der Waals surface area contributed by atoms with Crippen molar-refractivity contribution in [2.45, 2.75) is 63.9 Å². The summed E-state index contributed by atoms with van der Waals surface area (Å²) < 4.78 is 16.4. The van der Waals surface area contributed by atoms with Gasteiger partial charge in [-0.05, 0) is 61.9 Å². The second-order valence-corrected chi connectivity index (χ2v) is 9.60. The summed E-state index contributed by atoms with van der Waals surface area (Å²) in [4.78, 5) is 48.9. The minimum absolute atomic E-state index is 0.00402. The van der Waals surface area contributed by atoms with Crippen molar-refractivity contribution in [1.29, 1.82) is 0 Å². The molecule has 2 aromatic carbocycles. The van der Waals surface area contributed by atoms with Gasteiger partial charge in [-0.15, -0.1) is 0 Å². The number of allylic oxidation sites excluding steroid dienone is 1. The smallest absolute Gasteiger partial charge is 0.342 e. The molecule has 0 spiro atoms. The van der Waals surface area contributed by atoms with E-state index in [9.17, 15) is 24.3 Å². The Hall–Kier alpha value is -4.14. The molecule has 0 aromatic heterocycles. The highest BCUT2D eigenvalue weighted by Gasteiger charge is 2.35. The van der Waals surface area contributed by atoms with Gasteiger partial charge < -0.3 is 25.1 Å². The maximum atomic E-state index is 13.3. The lowest BCUT2D eigenvalue weighted by atomic mass is 9.83. The first kappa shape index (κ1) is 26.9. The van der Waals surface area contributed by atoms with E-state index in [0.717, 1.165) is 0 Å². The van der Waals surface area contributed by atoms with Gasteiger partial charge in [0.2, 0.25) is 0 Å². The highest BCUT2D eigenvalue weighted by atomic mass is 16.5. The summed E-state index contributed by atoms with van der Waals surface area (Å²) in [5.74, 6) is -1.88. The number of phenols is 1. The highest BCUT2D eigenvalue weighted by Crippen LogP contribution is 2.47. The molecule has 9 nitrogen and oxygen atoms in total. The third-order valence-corrected chi connectivity index (χ3v) is 6.64. The van der Waals surface area contributed by atoms with Gasteiger partial charge in [0.05, 0.1) is 12.5 Å². The van der Waals surface area contributed by atoms with Gasteiger partial charge in [-0.25, -0.2) is 4.79 Å². The average Bonchev–Trinajstić information content (AvgIpc) is 2.86. The molecule has 9 heteroatoms. The van der Waals surface area contributed by atoms with Gasteiger partial charge in [-0.3, -0.25) is 14.4 Å². The number of amides is 1. The van der Waals surface area contributed by atoms with Gasteiger partial charge in [-0.1, -0.05) is 24.3 Å². The molecule has 1 amide bonds. The molecular formula is C29H31NO8. The summed E-state index contributed by atoms with van der Waals surface area (Å²) in [6, 6.07) is 8.28. The number of carbonyl (C=O) groups is 4. The van der Waals surface area contributed by atoms with E-state index in [0.29, 0.717) is 61.0 Å². The molecule has 3 N–H and O–H groups in total. The van der Waals surface area contributed by atoms with Crippen LogP contribution in [0.1, 0.15) is 84.8 Å². The van der Waals surface area contributed by atoms with Crippen LogP contribution in [-0.4, -0.2) is 41.4 Å². The molecular weight excluding hydrogens is 490 g/mol. The standard InChI is InChI=1S/C29H31NO8/c1-17-6-5-9-20(31)8-4-2-3-7-19-14-23-27(28(34)26(19)29(35)37-17)22(15-25(33)38-23)18-10-12-21(13-11-18)36-16-24(30)32/h3,7,10-14,17,22,34H,2,4-6,8-9,15-16H2,1H3,(H2,30,32)/b7-3+/t17-,22+/m0/s1. The SMILES string of the molecule is C[C@H]1CCCC(=O)CCC/C=C/c2cc3c(c(O)c2C(=O)O1)[C@@H](c1ccc(OCC(N)=O)cc1)CC(=O)O3. The van der Waals surface area contributed by atoms with Crippen molar-refractivity contribution in [3.05, 3.63) is 58.7 Å². The average molecular weight is 522 g/mol. The molecule has 200 valence electrons. The van der Waals surface area contributed by atoms with Gasteiger partial charge in [-0.2, -0.15) is 0 Å². The number of ether oxygens (including phenoxy) is 3. The van der Waals surface area contributed by atoms with Crippen LogP contribution < -0.4 is 15.2 Å². The van der Waals surface area contributed by atoms with Gasteiger partial charge in [0.1, 0.15) is 28.6 Å². The molecule has 0 radical (unpaired) electrons. The van der Waals surface area contributed by atoms with E-state index in [-0.39, 0.29) is 35.9 Å². The number of esters is 2. The summed E-state index contributed by atoms with van der Waals surface area (Å²) in [5, 5.41) is 11.4. The molecule has 0 saturated heterocycles. The Morgan fingerprint density at radius 1 is 1.13 bits per heavy atom. The normalized spacial score (nSPS) is 21.2. The molecule has 0 saturated carbocycles. The van der Waals surface area contributed by atoms with Crippen LogP contribution in [0.4, 0.5) is 0 Å². The maximum Gasteiger partial charge on any atom is 0.342 e. The molecule has 4 rings (SSSR count). The minimum atomic E-state index is -0.688. The molecule has 2 heterocycles. The van der Waals surface area contributed by atoms with E-state index in [1.54, 1.807) is 43.3 Å². The Labute approximate surface area is 220 Å². The Morgan fingerprint density at radius 3 is 2.61 bits per heavy atom. The molecule has 2 aliphatic rings. The topological polar surface area (TPSA) is 142 Å². The largest absolute Gasteiger partial charge is 0.507 e.